The standard InChI is InChI=1S/C25H28N2O8/c1-18(2)24(28)34-13-11-32-9-7-30-6-8-31-10-12-33-23-15-22-20(17-27-23)14-21(25(29)35-22)19-4-3-5-26-16-19/h3-5,14-17H,1,6-13H2,2H3. The maximum absolute atomic E-state index is 12.3. The first-order valence-corrected chi connectivity index (χ1v) is 11.1. The second-order valence-corrected chi connectivity index (χ2v) is 7.35. The van der Waals surface area contributed by atoms with E-state index >= 15 is 0 Å². The van der Waals surface area contributed by atoms with Crippen molar-refractivity contribution >= 4 is 16.9 Å². The molecule has 3 heterocycles. The molecule has 35 heavy (non-hydrogen) atoms. The maximum atomic E-state index is 12.3. The average Bonchev–Trinajstić information content (AvgIpc) is 2.86. The number of carbonyl (C=O) groups excluding carboxylic acids is 1. The van der Waals surface area contributed by atoms with Crippen LogP contribution in [0.15, 0.2) is 64.2 Å². The number of esters is 1. The summed E-state index contributed by atoms with van der Waals surface area (Å²) in [5.41, 5.74) is 1.39. The molecule has 0 bridgehead atoms. The van der Waals surface area contributed by atoms with Crippen LogP contribution in [-0.2, 0) is 23.7 Å². The number of carbonyl (C=O) groups is 1. The molecule has 10 nitrogen and oxygen atoms in total. The Morgan fingerprint density at radius 3 is 2.31 bits per heavy atom. The van der Waals surface area contributed by atoms with E-state index in [1.54, 1.807) is 49.8 Å². The number of hydrogen-bond acceptors (Lipinski definition) is 10. The minimum Gasteiger partial charge on any atom is -0.475 e. The van der Waals surface area contributed by atoms with E-state index in [4.69, 9.17) is 28.1 Å². The predicted octanol–water partition coefficient (Wildman–Crippen LogP) is 2.80. The molecule has 0 fully saturated rings. The maximum Gasteiger partial charge on any atom is 0.344 e. The molecule has 186 valence electrons. The zero-order valence-corrected chi connectivity index (χ0v) is 19.6. The van der Waals surface area contributed by atoms with Crippen molar-refractivity contribution in [3.8, 4) is 17.0 Å². The van der Waals surface area contributed by atoms with E-state index in [0.717, 1.165) is 0 Å². The Balaban J connectivity index is 1.27. The zero-order valence-electron chi connectivity index (χ0n) is 19.6. The quantitative estimate of drug-likeness (QED) is 0.181. The summed E-state index contributed by atoms with van der Waals surface area (Å²) >= 11 is 0. The molecule has 0 atom stereocenters. The van der Waals surface area contributed by atoms with Gasteiger partial charge in [0, 0.05) is 41.2 Å². The van der Waals surface area contributed by atoms with Gasteiger partial charge in [0.15, 0.2) is 0 Å². The van der Waals surface area contributed by atoms with Crippen LogP contribution in [0.4, 0.5) is 0 Å². The van der Waals surface area contributed by atoms with Gasteiger partial charge in [-0.3, -0.25) is 4.98 Å². The van der Waals surface area contributed by atoms with Gasteiger partial charge in [-0.15, -0.1) is 0 Å². The van der Waals surface area contributed by atoms with Crippen LogP contribution in [0.5, 0.6) is 5.88 Å². The molecule has 0 saturated carbocycles. The lowest BCUT2D eigenvalue weighted by molar-refractivity contribution is -0.140. The minimum absolute atomic E-state index is 0.180. The van der Waals surface area contributed by atoms with Gasteiger partial charge in [0.05, 0.1) is 45.2 Å². The highest BCUT2D eigenvalue weighted by molar-refractivity contribution is 5.86. The Hall–Kier alpha value is -3.60. The first-order chi connectivity index (χ1) is 17.0. The summed E-state index contributed by atoms with van der Waals surface area (Å²) in [6.07, 6.45) is 4.84. The molecule has 0 N–H and O–H groups in total. The number of nitrogens with zero attached hydrogens (tertiary/aromatic N) is 2. The fourth-order valence-corrected chi connectivity index (χ4v) is 2.86. The lowest BCUT2D eigenvalue weighted by Crippen LogP contribution is -2.15. The number of aromatic nitrogens is 2. The SMILES string of the molecule is C=C(C)C(=O)OCCOCCOCCOCCOc1cc2oc(=O)c(-c3cccnc3)cc2cn1. The van der Waals surface area contributed by atoms with Gasteiger partial charge in [-0.05, 0) is 19.1 Å². The van der Waals surface area contributed by atoms with Crippen LogP contribution in [0.2, 0.25) is 0 Å². The molecule has 0 aliphatic carbocycles. The molecule has 3 aromatic heterocycles. The van der Waals surface area contributed by atoms with Crippen LogP contribution < -0.4 is 10.4 Å². The first kappa shape index (κ1) is 26.0. The summed E-state index contributed by atoms with van der Waals surface area (Å²) in [4.78, 5) is 31.8. The molecule has 0 saturated heterocycles. The molecule has 0 radical (unpaired) electrons. The summed E-state index contributed by atoms with van der Waals surface area (Å²) in [7, 11) is 0. The molecule has 0 amide bonds. The first-order valence-electron chi connectivity index (χ1n) is 11.1. The molecule has 0 aliphatic heterocycles. The largest absolute Gasteiger partial charge is 0.475 e. The topological polar surface area (TPSA) is 119 Å². The molecule has 10 heteroatoms. The van der Waals surface area contributed by atoms with Gasteiger partial charge in [-0.25, -0.2) is 14.6 Å². The number of hydrogen-bond donors (Lipinski definition) is 0. The molecule has 3 rings (SSSR count). The third kappa shape index (κ3) is 8.60. The smallest absolute Gasteiger partial charge is 0.344 e. The fourth-order valence-electron chi connectivity index (χ4n) is 2.86. The third-order valence-corrected chi connectivity index (χ3v) is 4.60. The van der Waals surface area contributed by atoms with Gasteiger partial charge in [0.2, 0.25) is 5.88 Å². The van der Waals surface area contributed by atoms with E-state index in [-0.39, 0.29) is 13.2 Å². The van der Waals surface area contributed by atoms with E-state index in [0.29, 0.717) is 73.2 Å². The summed E-state index contributed by atoms with van der Waals surface area (Å²) < 4.78 is 32.1. The molecule has 0 aliphatic rings. The van der Waals surface area contributed by atoms with Gasteiger partial charge in [-0.1, -0.05) is 12.6 Å². The second-order valence-electron chi connectivity index (χ2n) is 7.35. The second kappa shape index (κ2) is 14.0. The van der Waals surface area contributed by atoms with Gasteiger partial charge in [0.1, 0.15) is 18.8 Å². The number of ether oxygens (including phenoxy) is 5. The zero-order chi connectivity index (χ0) is 24.9. The lowest BCUT2D eigenvalue weighted by atomic mass is 10.1. The number of pyridine rings is 2. The Morgan fingerprint density at radius 1 is 0.971 bits per heavy atom. The van der Waals surface area contributed by atoms with Crippen LogP contribution in [0.1, 0.15) is 6.92 Å². The molecular formula is C25H28N2O8. The van der Waals surface area contributed by atoms with Crippen molar-refractivity contribution in [3.63, 3.8) is 0 Å². The molecule has 3 aromatic rings. The average molecular weight is 485 g/mol. The molecular weight excluding hydrogens is 456 g/mol. The summed E-state index contributed by atoms with van der Waals surface area (Å²) in [5, 5.41) is 0.682. The highest BCUT2D eigenvalue weighted by Crippen LogP contribution is 2.22. The van der Waals surface area contributed by atoms with E-state index in [1.807, 2.05) is 0 Å². The van der Waals surface area contributed by atoms with Crippen LogP contribution in [0.25, 0.3) is 22.1 Å². The van der Waals surface area contributed by atoms with Crippen LogP contribution in [0.3, 0.4) is 0 Å². The van der Waals surface area contributed by atoms with Gasteiger partial charge >= 0.3 is 11.6 Å². The van der Waals surface area contributed by atoms with E-state index in [2.05, 4.69) is 16.5 Å². The van der Waals surface area contributed by atoms with E-state index in [1.165, 1.54) is 0 Å². The van der Waals surface area contributed by atoms with Crippen molar-refractivity contribution in [2.24, 2.45) is 0 Å². The van der Waals surface area contributed by atoms with Gasteiger partial charge < -0.3 is 28.1 Å². The van der Waals surface area contributed by atoms with Gasteiger partial charge in [-0.2, -0.15) is 0 Å². The van der Waals surface area contributed by atoms with Crippen molar-refractivity contribution in [2.75, 3.05) is 52.9 Å². The summed E-state index contributed by atoms with van der Waals surface area (Å²) in [5.74, 6) is -0.0925. The lowest BCUT2D eigenvalue weighted by Gasteiger charge is -2.08. The Labute approximate surface area is 202 Å². The Kier molecular flexibility index (Phi) is 10.4. The van der Waals surface area contributed by atoms with Crippen LogP contribution in [0, 0.1) is 0 Å². The summed E-state index contributed by atoms with van der Waals surface area (Å²) in [6, 6.07) is 6.85. The minimum atomic E-state index is -0.456. The van der Waals surface area contributed by atoms with Crippen molar-refractivity contribution in [1.29, 1.82) is 0 Å². The normalized spacial score (nSPS) is 10.9. The van der Waals surface area contributed by atoms with Crippen molar-refractivity contribution in [2.45, 2.75) is 6.92 Å². The van der Waals surface area contributed by atoms with Crippen LogP contribution in [-0.4, -0.2) is 68.8 Å². The molecule has 0 unspecified atom stereocenters. The molecule has 0 spiro atoms. The Bertz CT molecular complexity index is 1160. The monoisotopic (exact) mass is 484 g/mol. The van der Waals surface area contributed by atoms with Crippen molar-refractivity contribution in [3.05, 3.63) is 65.4 Å². The van der Waals surface area contributed by atoms with Gasteiger partial charge in [0.25, 0.3) is 0 Å². The van der Waals surface area contributed by atoms with E-state index in [9.17, 15) is 9.59 Å². The fraction of sp³-hybridized carbons (Fsp3) is 0.360. The Morgan fingerprint density at radius 2 is 1.66 bits per heavy atom. The highest BCUT2D eigenvalue weighted by atomic mass is 16.6. The third-order valence-electron chi connectivity index (χ3n) is 4.60. The predicted molar refractivity (Wildman–Crippen MR) is 127 cm³/mol. The summed E-state index contributed by atoms with van der Waals surface area (Å²) in [6.45, 7) is 7.80. The molecule has 0 aromatic carbocycles. The number of fused-ring (bicyclic) bond motifs is 1. The van der Waals surface area contributed by atoms with E-state index < -0.39 is 11.6 Å². The number of rotatable bonds is 15. The highest BCUT2D eigenvalue weighted by Gasteiger charge is 2.09. The van der Waals surface area contributed by atoms with Crippen LogP contribution >= 0.6 is 0 Å². The van der Waals surface area contributed by atoms with Crippen molar-refractivity contribution < 1.29 is 32.9 Å². The van der Waals surface area contributed by atoms with Crippen molar-refractivity contribution in [1.82, 2.24) is 9.97 Å².